The lowest BCUT2D eigenvalue weighted by Gasteiger charge is -2.03. The lowest BCUT2D eigenvalue weighted by Crippen LogP contribution is -2.05. The van der Waals surface area contributed by atoms with Crippen molar-refractivity contribution in [2.75, 3.05) is 5.73 Å². The third-order valence-electron chi connectivity index (χ3n) is 1.65. The van der Waals surface area contributed by atoms with Crippen molar-refractivity contribution in [3.05, 3.63) is 29.1 Å². The number of nitriles is 1. The Labute approximate surface area is 79.4 Å². The fourth-order valence-corrected chi connectivity index (χ4v) is 1.07. The molecule has 14 heavy (non-hydrogen) atoms. The number of carbonyl (C=O) groups is 1. The van der Waals surface area contributed by atoms with Gasteiger partial charge in [-0.05, 0) is 12.1 Å². The largest absolute Gasteiger partial charge is 0.481 e. The molecule has 0 amide bonds. The van der Waals surface area contributed by atoms with Crippen molar-refractivity contribution >= 4 is 11.7 Å². The molecule has 0 saturated carbocycles. The molecule has 1 rings (SSSR count). The van der Waals surface area contributed by atoms with E-state index < -0.39 is 18.2 Å². The summed E-state index contributed by atoms with van der Waals surface area (Å²) in [6.45, 7) is 0. The Hall–Kier alpha value is -2.09. The van der Waals surface area contributed by atoms with Crippen molar-refractivity contribution in [2.45, 2.75) is 6.42 Å². The van der Waals surface area contributed by atoms with Crippen LogP contribution in [0.4, 0.5) is 10.1 Å². The summed E-state index contributed by atoms with van der Waals surface area (Å²) in [6.07, 6.45) is -0.481. The highest BCUT2D eigenvalue weighted by Gasteiger charge is 2.11. The number of benzene rings is 1. The standard InChI is InChI=1S/C9H7FN2O2/c10-9-6(3-8(13)14)1-5(4-11)2-7(9)12/h1-2H,3,12H2,(H,13,14). The van der Waals surface area contributed by atoms with Crippen molar-refractivity contribution < 1.29 is 14.3 Å². The highest BCUT2D eigenvalue weighted by Crippen LogP contribution is 2.18. The number of nitrogens with zero attached hydrogens (tertiary/aromatic N) is 1. The Bertz CT molecular complexity index is 424. The van der Waals surface area contributed by atoms with Gasteiger partial charge in [0.2, 0.25) is 0 Å². The van der Waals surface area contributed by atoms with E-state index in [1.807, 2.05) is 0 Å². The van der Waals surface area contributed by atoms with Crippen molar-refractivity contribution in [3.8, 4) is 6.07 Å². The quantitative estimate of drug-likeness (QED) is 0.685. The van der Waals surface area contributed by atoms with E-state index in [4.69, 9.17) is 16.1 Å². The topological polar surface area (TPSA) is 87.1 Å². The third-order valence-corrected chi connectivity index (χ3v) is 1.65. The first kappa shape index (κ1) is 9.99. The molecule has 0 radical (unpaired) electrons. The molecular weight excluding hydrogens is 187 g/mol. The van der Waals surface area contributed by atoms with Crippen LogP contribution in [-0.4, -0.2) is 11.1 Å². The number of aliphatic carboxylic acids is 1. The minimum absolute atomic E-state index is 0.0750. The second-order valence-electron chi connectivity index (χ2n) is 2.72. The smallest absolute Gasteiger partial charge is 0.307 e. The number of carboxylic acid groups (broad SMARTS) is 1. The number of rotatable bonds is 2. The molecule has 0 aliphatic carbocycles. The van der Waals surface area contributed by atoms with Crippen LogP contribution in [0.5, 0.6) is 0 Å². The van der Waals surface area contributed by atoms with E-state index in [-0.39, 0.29) is 16.8 Å². The van der Waals surface area contributed by atoms with Gasteiger partial charge < -0.3 is 10.8 Å². The SMILES string of the molecule is N#Cc1cc(N)c(F)c(CC(=O)O)c1. The lowest BCUT2D eigenvalue weighted by atomic mass is 10.1. The van der Waals surface area contributed by atoms with E-state index >= 15 is 0 Å². The average molecular weight is 194 g/mol. The van der Waals surface area contributed by atoms with E-state index in [2.05, 4.69) is 0 Å². The molecule has 72 valence electrons. The fourth-order valence-electron chi connectivity index (χ4n) is 1.07. The number of carboxylic acids is 1. The Morgan fingerprint density at radius 3 is 2.79 bits per heavy atom. The van der Waals surface area contributed by atoms with Crippen molar-refractivity contribution in [1.29, 1.82) is 5.26 Å². The number of hydrogen-bond donors (Lipinski definition) is 2. The number of halogens is 1. The molecule has 1 aromatic carbocycles. The van der Waals surface area contributed by atoms with Gasteiger partial charge in [0, 0.05) is 5.56 Å². The van der Waals surface area contributed by atoms with Crippen LogP contribution in [0.15, 0.2) is 12.1 Å². The van der Waals surface area contributed by atoms with Crippen LogP contribution in [-0.2, 0) is 11.2 Å². The fraction of sp³-hybridized carbons (Fsp3) is 0.111. The second kappa shape index (κ2) is 3.75. The number of nitrogens with two attached hydrogens (primary N) is 1. The van der Waals surface area contributed by atoms with Crippen LogP contribution in [0.3, 0.4) is 0 Å². The van der Waals surface area contributed by atoms with Gasteiger partial charge in [0.25, 0.3) is 0 Å². The van der Waals surface area contributed by atoms with Crippen LogP contribution < -0.4 is 5.73 Å². The zero-order valence-electron chi connectivity index (χ0n) is 7.12. The molecule has 0 spiro atoms. The second-order valence-corrected chi connectivity index (χ2v) is 2.72. The van der Waals surface area contributed by atoms with Gasteiger partial charge in [0.05, 0.1) is 23.7 Å². The van der Waals surface area contributed by atoms with E-state index in [1.54, 1.807) is 6.07 Å². The molecular formula is C9H7FN2O2. The summed E-state index contributed by atoms with van der Waals surface area (Å²) >= 11 is 0. The maximum Gasteiger partial charge on any atom is 0.307 e. The monoisotopic (exact) mass is 194 g/mol. The van der Waals surface area contributed by atoms with Crippen molar-refractivity contribution in [2.24, 2.45) is 0 Å². The van der Waals surface area contributed by atoms with Gasteiger partial charge in [-0.3, -0.25) is 4.79 Å². The van der Waals surface area contributed by atoms with Gasteiger partial charge in [-0.2, -0.15) is 5.26 Å². The minimum atomic E-state index is -1.17. The minimum Gasteiger partial charge on any atom is -0.481 e. The van der Waals surface area contributed by atoms with Gasteiger partial charge in [-0.25, -0.2) is 4.39 Å². The molecule has 0 aromatic heterocycles. The molecule has 0 saturated heterocycles. The summed E-state index contributed by atoms with van der Waals surface area (Å²) in [5, 5.41) is 17.0. The Morgan fingerprint density at radius 2 is 2.29 bits per heavy atom. The Kier molecular flexibility index (Phi) is 2.67. The first-order valence-corrected chi connectivity index (χ1v) is 3.74. The molecule has 0 heterocycles. The molecule has 0 aliphatic rings. The van der Waals surface area contributed by atoms with Crippen molar-refractivity contribution in [1.82, 2.24) is 0 Å². The van der Waals surface area contributed by atoms with E-state index in [1.165, 1.54) is 12.1 Å². The summed E-state index contributed by atoms with van der Waals surface area (Å²) < 4.78 is 13.2. The van der Waals surface area contributed by atoms with Crippen molar-refractivity contribution in [3.63, 3.8) is 0 Å². The predicted molar refractivity (Wildman–Crippen MR) is 46.9 cm³/mol. The van der Waals surface area contributed by atoms with E-state index in [0.29, 0.717) is 0 Å². The van der Waals surface area contributed by atoms with Gasteiger partial charge >= 0.3 is 5.97 Å². The Balaban J connectivity index is 3.21. The van der Waals surface area contributed by atoms with Crippen LogP contribution in [0.25, 0.3) is 0 Å². The van der Waals surface area contributed by atoms with Gasteiger partial charge in [-0.15, -0.1) is 0 Å². The highest BCUT2D eigenvalue weighted by molar-refractivity contribution is 5.71. The molecule has 0 fully saturated rings. The van der Waals surface area contributed by atoms with E-state index in [9.17, 15) is 9.18 Å². The van der Waals surface area contributed by atoms with E-state index in [0.717, 1.165) is 0 Å². The molecule has 0 aliphatic heterocycles. The highest BCUT2D eigenvalue weighted by atomic mass is 19.1. The van der Waals surface area contributed by atoms with Crippen LogP contribution >= 0.6 is 0 Å². The van der Waals surface area contributed by atoms with Gasteiger partial charge in [0.1, 0.15) is 5.82 Å². The number of nitrogen functional groups attached to an aromatic ring is 1. The molecule has 5 heteroatoms. The Morgan fingerprint density at radius 1 is 1.64 bits per heavy atom. The average Bonchev–Trinajstić information content (AvgIpc) is 2.11. The van der Waals surface area contributed by atoms with Crippen LogP contribution in [0.2, 0.25) is 0 Å². The molecule has 1 aromatic rings. The maximum atomic E-state index is 13.2. The third kappa shape index (κ3) is 1.98. The molecule has 3 N–H and O–H groups in total. The zero-order valence-corrected chi connectivity index (χ0v) is 7.12. The normalized spacial score (nSPS) is 9.43. The number of hydrogen-bond acceptors (Lipinski definition) is 3. The summed E-state index contributed by atoms with van der Waals surface area (Å²) in [6, 6.07) is 4.12. The number of anilines is 1. The first-order chi connectivity index (χ1) is 6.54. The summed E-state index contributed by atoms with van der Waals surface area (Å²) in [4.78, 5) is 10.3. The zero-order chi connectivity index (χ0) is 10.7. The molecule has 0 unspecified atom stereocenters. The predicted octanol–water partition coefficient (Wildman–Crippen LogP) is 0.907. The summed E-state index contributed by atoms with van der Waals surface area (Å²) in [5.74, 6) is -1.94. The molecule has 0 bridgehead atoms. The van der Waals surface area contributed by atoms with Gasteiger partial charge in [0.15, 0.2) is 0 Å². The summed E-state index contributed by atoms with van der Waals surface area (Å²) in [5.41, 5.74) is 5.12. The van der Waals surface area contributed by atoms with Gasteiger partial charge in [-0.1, -0.05) is 0 Å². The first-order valence-electron chi connectivity index (χ1n) is 3.74. The molecule has 0 atom stereocenters. The lowest BCUT2D eigenvalue weighted by molar-refractivity contribution is -0.136. The van der Waals surface area contributed by atoms with Crippen LogP contribution in [0.1, 0.15) is 11.1 Å². The van der Waals surface area contributed by atoms with Crippen LogP contribution in [0, 0.1) is 17.1 Å². The maximum absolute atomic E-state index is 13.2. The summed E-state index contributed by atoms with van der Waals surface area (Å²) in [7, 11) is 0. The molecule has 4 nitrogen and oxygen atoms in total.